The minimum atomic E-state index is -0.326. The number of allylic oxidation sites excluding steroid dienone is 1. The van der Waals surface area contributed by atoms with Crippen LogP contribution in [0.5, 0.6) is 0 Å². The molecule has 1 heterocycles. The SMILES string of the molecule is C=Cc1ccc(C2CCN(C(C)(C)CF)CC2)cc1/C=C\C. The molecule has 22 heavy (non-hydrogen) atoms. The summed E-state index contributed by atoms with van der Waals surface area (Å²) in [5, 5.41) is 0. The van der Waals surface area contributed by atoms with Crippen molar-refractivity contribution < 1.29 is 4.39 Å². The lowest BCUT2D eigenvalue weighted by Gasteiger charge is -2.41. The molecule has 0 spiro atoms. The normalized spacial score (nSPS) is 18.0. The third kappa shape index (κ3) is 3.67. The minimum absolute atomic E-state index is 0.281. The van der Waals surface area contributed by atoms with Crippen LogP contribution in [0.3, 0.4) is 0 Å². The predicted molar refractivity (Wildman–Crippen MR) is 94.8 cm³/mol. The van der Waals surface area contributed by atoms with E-state index in [4.69, 9.17) is 0 Å². The van der Waals surface area contributed by atoms with Gasteiger partial charge >= 0.3 is 0 Å². The van der Waals surface area contributed by atoms with Crippen molar-refractivity contribution in [3.05, 3.63) is 47.5 Å². The summed E-state index contributed by atoms with van der Waals surface area (Å²) in [6.07, 6.45) is 8.32. The van der Waals surface area contributed by atoms with Crippen molar-refractivity contribution in [1.82, 2.24) is 4.90 Å². The number of rotatable bonds is 5. The van der Waals surface area contributed by atoms with E-state index in [0.29, 0.717) is 5.92 Å². The summed E-state index contributed by atoms with van der Waals surface area (Å²) in [5.41, 5.74) is 3.49. The van der Waals surface area contributed by atoms with Crippen LogP contribution >= 0.6 is 0 Å². The van der Waals surface area contributed by atoms with Gasteiger partial charge in [0.1, 0.15) is 6.67 Å². The fourth-order valence-corrected chi connectivity index (χ4v) is 3.26. The third-order valence-corrected chi connectivity index (χ3v) is 4.83. The summed E-state index contributed by atoms with van der Waals surface area (Å²) in [6, 6.07) is 6.68. The van der Waals surface area contributed by atoms with Crippen molar-refractivity contribution in [2.24, 2.45) is 0 Å². The van der Waals surface area contributed by atoms with E-state index in [-0.39, 0.29) is 12.2 Å². The van der Waals surface area contributed by atoms with Crippen molar-refractivity contribution in [2.75, 3.05) is 19.8 Å². The van der Waals surface area contributed by atoms with Crippen LogP contribution in [0.1, 0.15) is 56.2 Å². The largest absolute Gasteiger partial charge is 0.296 e. The van der Waals surface area contributed by atoms with E-state index in [0.717, 1.165) is 25.9 Å². The van der Waals surface area contributed by atoms with Crippen molar-refractivity contribution in [3.8, 4) is 0 Å². The van der Waals surface area contributed by atoms with Crippen LogP contribution in [0.4, 0.5) is 4.39 Å². The second-order valence-electron chi connectivity index (χ2n) is 6.80. The quantitative estimate of drug-likeness (QED) is 0.714. The van der Waals surface area contributed by atoms with Gasteiger partial charge in [0.25, 0.3) is 0 Å². The Morgan fingerprint density at radius 3 is 2.50 bits per heavy atom. The van der Waals surface area contributed by atoms with Crippen LogP contribution in [-0.4, -0.2) is 30.2 Å². The summed E-state index contributed by atoms with van der Waals surface area (Å²) in [6.45, 7) is 11.6. The van der Waals surface area contributed by atoms with Gasteiger partial charge < -0.3 is 0 Å². The molecule has 0 unspecified atom stereocenters. The van der Waals surface area contributed by atoms with Crippen molar-refractivity contribution >= 4 is 12.2 Å². The van der Waals surface area contributed by atoms with E-state index in [1.807, 2.05) is 26.8 Å². The Kier molecular flexibility index (Phi) is 5.57. The molecule has 1 aliphatic heterocycles. The Morgan fingerprint density at radius 1 is 1.27 bits per heavy atom. The zero-order valence-electron chi connectivity index (χ0n) is 14.1. The van der Waals surface area contributed by atoms with Crippen LogP contribution in [-0.2, 0) is 0 Å². The summed E-state index contributed by atoms with van der Waals surface area (Å²) >= 11 is 0. The van der Waals surface area contributed by atoms with Crippen molar-refractivity contribution in [2.45, 2.75) is 45.1 Å². The summed E-state index contributed by atoms with van der Waals surface area (Å²) in [7, 11) is 0. The Bertz CT molecular complexity index is 537. The Hall–Kier alpha value is -1.41. The van der Waals surface area contributed by atoms with E-state index in [1.54, 1.807) is 0 Å². The van der Waals surface area contributed by atoms with Gasteiger partial charge in [-0.3, -0.25) is 4.90 Å². The molecule has 1 saturated heterocycles. The standard InChI is InChI=1S/C20H28FN/c1-5-7-18-14-19(9-8-16(18)6-2)17-10-12-22(13-11-17)20(3,4)15-21/h5-9,14,17H,2,10-13,15H2,1,3-4H3/b7-5-. The highest BCUT2D eigenvalue weighted by Crippen LogP contribution is 2.32. The van der Waals surface area contributed by atoms with Gasteiger partial charge in [0.2, 0.25) is 0 Å². The molecule has 1 fully saturated rings. The van der Waals surface area contributed by atoms with Crippen LogP contribution in [0.25, 0.3) is 12.2 Å². The maximum atomic E-state index is 13.1. The molecular weight excluding hydrogens is 273 g/mol. The lowest BCUT2D eigenvalue weighted by atomic mass is 9.86. The van der Waals surface area contributed by atoms with Gasteiger partial charge in [-0.2, -0.15) is 0 Å². The molecule has 0 N–H and O–H groups in total. The molecule has 0 aliphatic carbocycles. The van der Waals surface area contributed by atoms with E-state index in [9.17, 15) is 4.39 Å². The average molecular weight is 301 g/mol. The zero-order chi connectivity index (χ0) is 16.2. The fraction of sp³-hybridized carbons (Fsp3) is 0.500. The molecule has 0 atom stereocenters. The molecule has 0 aromatic heterocycles. The van der Waals surface area contributed by atoms with Gasteiger partial charge in [-0.05, 0) is 69.3 Å². The van der Waals surface area contributed by atoms with Gasteiger partial charge in [-0.25, -0.2) is 4.39 Å². The lowest BCUT2D eigenvalue weighted by Crippen LogP contribution is -2.49. The molecule has 1 aromatic carbocycles. The molecule has 0 bridgehead atoms. The first-order chi connectivity index (χ1) is 10.5. The van der Waals surface area contributed by atoms with Crippen LogP contribution in [0.2, 0.25) is 0 Å². The minimum Gasteiger partial charge on any atom is -0.296 e. The van der Waals surface area contributed by atoms with E-state index in [2.05, 4.69) is 41.8 Å². The molecule has 1 aromatic rings. The first-order valence-electron chi connectivity index (χ1n) is 8.22. The van der Waals surface area contributed by atoms with Crippen molar-refractivity contribution in [1.29, 1.82) is 0 Å². The number of hydrogen-bond donors (Lipinski definition) is 0. The number of nitrogens with zero attached hydrogens (tertiary/aromatic N) is 1. The molecule has 0 radical (unpaired) electrons. The van der Waals surface area contributed by atoms with Crippen LogP contribution < -0.4 is 0 Å². The number of piperidine rings is 1. The number of benzene rings is 1. The van der Waals surface area contributed by atoms with Gasteiger partial charge in [-0.15, -0.1) is 0 Å². The molecule has 0 amide bonds. The highest BCUT2D eigenvalue weighted by atomic mass is 19.1. The molecule has 2 heteroatoms. The van der Waals surface area contributed by atoms with Crippen LogP contribution in [0.15, 0.2) is 30.9 Å². The maximum absolute atomic E-state index is 13.1. The zero-order valence-corrected chi connectivity index (χ0v) is 14.1. The van der Waals surface area contributed by atoms with Gasteiger partial charge in [0.15, 0.2) is 0 Å². The second-order valence-corrected chi connectivity index (χ2v) is 6.80. The highest BCUT2D eigenvalue weighted by molar-refractivity contribution is 5.65. The highest BCUT2D eigenvalue weighted by Gasteiger charge is 2.31. The summed E-state index contributed by atoms with van der Waals surface area (Å²) in [5.74, 6) is 0.578. The first-order valence-corrected chi connectivity index (χ1v) is 8.22. The number of hydrogen-bond acceptors (Lipinski definition) is 1. The second kappa shape index (κ2) is 7.23. The molecular formula is C20H28FN. The fourth-order valence-electron chi connectivity index (χ4n) is 3.26. The predicted octanol–water partition coefficient (Wildman–Crippen LogP) is 5.29. The van der Waals surface area contributed by atoms with Crippen molar-refractivity contribution in [3.63, 3.8) is 0 Å². The summed E-state index contributed by atoms with van der Waals surface area (Å²) in [4.78, 5) is 2.29. The molecule has 1 nitrogen and oxygen atoms in total. The topological polar surface area (TPSA) is 3.24 Å². The Balaban J connectivity index is 2.11. The molecule has 120 valence electrons. The summed E-state index contributed by atoms with van der Waals surface area (Å²) < 4.78 is 13.1. The molecule has 0 saturated carbocycles. The average Bonchev–Trinajstić information content (AvgIpc) is 2.55. The molecule has 2 rings (SSSR count). The van der Waals surface area contributed by atoms with E-state index < -0.39 is 0 Å². The Morgan fingerprint density at radius 2 is 1.95 bits per heavy atom. The molecule has 1 aliphatic rings. The first kappa shape index (κ1) is 17.0. The lowest BCUT2D eigenvalue weighted by molar-refractivity contribution is 0.0664. The number of likely N-dealkylation sites (tertiary alicyclic amines) is 1. The van der Waals surface area contributed by atoms with Gasteiger partial charge in [-0.1, -0.05) is 43.0 Å². The van der Waals surface area contributed by atoms with Gasteiger partial charge in [0, 0.05) is 5.54 Å². The van der Waals surface area contributed by atoms with E-state index >= 15 is 0 Å². The maximum Gasteiger partial charge on any atom is 0.107 e. The Labute approximate surface area is 134 Å². The van der Waals surface area contributed by atoms with Crippen LogP contribution in [0, 0.1) is 0 Å². The number of halogens is 1. The smallest absolute Gasteiger partial charge is 0.107 e. The monoisotopic (exact) mass is 301 g/mol. The number of alkyl halides is 1. The van der Waals surface area contributed by atoms with E-state index in [1.165, 1.54) is 16.7 Å². The van der Waals surface area contributed by atoms with Gasteiger partial charge in [0.05, 0.1) is 0 Å². The third-order valence-electron chi connectivity index (χ3n) is 4.83.